The van der Waals surface area contributed by atoms with Crippen LogP contribution in [0.1, 0.15) is 6.42 Å². The third-order valence-corrected chi connectivity index (χ3v) is 2.29. The van der Waals surface area contributed by atoms with Crippen molar-refractivity contribution >= 4 is 23.8 Å². The molecular formula is C8H16N2O3S. The molecule has 0 fully saturated rings. The first-order chi connectivity index (χ1) is 6.65. The first-order valence-electron chi connectivity index (χ1n) is 4.20. The van der Waals surface area contributed by atoms with Crippen molar-refractivity contribution in [1.29, 1.82) is 0 Å². The molecule has 1 atom stereocenters. The Labute approximate surface area is 88.0 Å². The van der Waals surface area contributed by atoms with Crippen LogP contribution in [0.2, 0.25) is 0 Å². The average Bonchev–Trinajstić information content (AvgIpc) is 2.22. The zero-order valence-electron chi connectivity index (χ0n) is 8.62. The minimum atomic E-state index is -0.584. The lowest BCUT2D eigenvalue weighted by molar-refractivity contribution is -0.122. The molecule has 0 saturated carbocycles. The van der Waals surface area contributed by atoms with Crippen LogP contribution in [0.5, 0.6) is 0 Å². The Morgan fingerprint density at radius 2 is 2.14 bits per heavy atom. The van der Waals surface area contributed by atoms with Gasteiger partial charge in [-0.3, -0.25) is 4.79 Å². The fourth-order valence-corrected chi connectivity index (χ4v) is 1.35. The number of ether oxygens (including phenoxy) is 1. The maximum absolute atomic E-state index is 11.3. The number of hydrogen-bond acceptors (Lipinski definition) is 4. The van der Waals surface area contributed by atoms with E-state index >= 15 is 0 Å². The summed E-state index contributed by atoms with van der Waals surface area (Å²) in [6.45, 7) is 0. The van der Waals surface area contributed by atoms with E-state index in [2.05, 4.69) is 15.4 Å². The van der Waals surface area contributed by atoms with E-state index in [1.807, 2.05) is 6.26 Å². The normalized spacial score (nSPS) is 11.6. The lowest BCUT2D eigenvalue weighted by Crippen LogP contribution is -2.45. The van der Waals surface area contributed by atoms with Crippen molar-refractivity contribution in [1.82, 2.24) is 10.6 Å². The fraction of sp³-hybridized carbons (Fsp3) is 0.750. The van der Waals surface area contributed by atoms with E-state index in [9.17, 15) is 9.59 Å². The van der Waals surface area contributed by atoms with Crippen molar-refractivity contribution < 1.29 is 14.3 Å². The first-order valence-corrected chi connectivity index (χ1v) is 5.60. The molecule has 0 aromatic carbocycles. The zero-order valence-corrected chi connectivity index (χ0v) is 9.44. The summed E-state index contributed by atoms with van der Waals surface area (Å²) in [7, 11) is 2.80. The van der Waals surface area contributed by atoms with E-state index in [1.165, 1.54) is 14.2 Å². The summed E-state index contributed by atoms with van der Waals surface area (Å²) in [5, 5.41) is 4.95. The van der Waals surface area contributed by atoms with E-state index in [4.69, 9.17) is 0 Å². The van der Waals surface area contributed by atoms with Crippen molar-refractivity contribution in [3.63, 3.8) is 0 Å². The molecule has 2 amide bonds. The maximum atomic E-state index is 11.3. The van der Waals surface area contributed by atoms with Crippen LogP contribution < -0.4 is 10.6 Å². The largest absolute Gasteiger partial charge is 0.453 e. The van der Waals surface area contributed by atoms with Gasteiger partial charge in [-0.15, -0.1) is 0 Å². The van der Waals surface area contributed by atoms with Crippen molar-refractivity contribution in [2.45, 2.75) is 12.5 Å². The number of amides is 2. The summed E-state index contributed by atoms with van der Waals surface area (Å²) in [5.41, 5.74) is 0. The lowest BCUT2D eigenvalue weighted by Gasteiger charge is -2.15. The van der Waals surface area contributed by atoms with E-state index in [1.54, 1.807) is 11.8 Å². The average molecular weight is 220 g/mol. The van der Waals surface area contributed by atoms with Crippen LogP contribution in [-0.4, -0.2) is 44.2 Å². The van der Waals surface area contributed by atoms with Crippen LogP contribution in [0, 0.1) is 0 Å². The number of carbonyl (C=O) groups excluding carboxylic acids is 2. The highest BCUT2D eigenvalue weighted by Gasteiger charge is 2.18. The fourth-order valence-electron chi connectivity index (χ4n) is 0.880. The summed E-state index contributed by atoms with van der Waals surface area (Å²) >= 11 is 1.62. The number of carbonyl (C=O) groups is 2. The molecule has 0 aliphatic heterocycles. The first kappa shape index (κ1) is 13.1. The third kappa shape index (κ3) is 4.96. The van der Waals surface area contributed by atoms with Gasteiger partial charge >= 0.3 is 6.09 Å². The standard InChI is InChI=1S/C8H16N2O3S/c1-9-7(11)6(4-5-14-3)10-8(12)13-2/h6H,4-5H2,1-3H3,(H,9,11)(H,10,12). The van der Waals surface area contributed by atoms with Crippen LogP contribution in [0.25, 0.3) is 0 Å². The topological polar surface area (TPSA) is 67.4 Å². The molecule has 14 heavy (non-hydrogen) atoms. The van der Waals surface area contributed by atoms with Crippen LogP contribution in [0.4, 0.5) is 4.79 Å². The molecular weight excluding hydrogens is 204 g/mol. The number of nitrogens with one attached hydrogen (secondary N) is 2. The lowest BCUT2D eigenvalue weighted by atomic mass is 10.2. The Balaban J connectivity index is 4.09. The molecule has 0 spiro atoms. The second kappa shape index (κ2) is 7.49. The van der Waals surface area contributed by atoms with Crippen LogP contribution in [0.15, 0.2) is 0 Å². The minimum absolute atomic E-state index is 0.204. The number of thioether (sulfide) groups is 1. The van der Waals surface area contributed by atoms with Crippen molar-refractivity contribution in [2.75, 3.05) is 26.2 Å². The minimum Gasteiger partial charge on any atom is -0.453 e. The Bertz CT molecular complexity index is 199. The van der Waals surface area contributed by atoms with E-state index < -0.39 is 12.1 Å². The molecule has 0 rings (SSSR count). The van der Waals surface area contributed by atoms with Crippen LogP contribution in [-0.2, 0) is 9.53 Å². The molecule has 0 heterocycles. The smallest absolute Gasteiger partial charge is 0.407 e. The SMILES string of the molecule is CNC(=O)C(CCSC)NC(=O)OC. The summed E-state index contributed by atoms with van der Waals surface area (Å²) in [6, 6.07) is -0.514. The van der Waals surface area contributed by atoms with Gasteiger partial charge < -0.3 is 15.4 Å². The number of hydrogen-bond donors (Lipinski definition) is 2. The summed E-state index contributed by atoms with van der Waals surface area (Å²) < 4.78 is 4.42. The molecule has 82 valence electrons. The van der Waals surface area contributed by atoms with Gasteiger partial charge in [0.25, 0.3) is 0 Å². The highest BCUT2D eigenvalue weighted by Crippen LogP contribution is 2.01. The van der Waals surface area contributed by atoms with Gasteiger partial charge in [0.1, 0.15) is 6.04 Å². The molecule has 0 aromatic rings. The Kier molecular flexibility index (Phi) is 7.00. The molecule has 0 aromatic heterocycles. The molecule has 1 unspecified atom stereocenters. The van der Waals surface area contributed by atoms with Crippen LogP contribution in [0.3, 0.4) is 0 Å². The molecule has 0 bridgehead atoms. The van der Waals surface area contributed by atoms with Gasteiger partial charge in [0.2, 0.25) is 5.91 Å². The number of methoxy groups -OCH3 is 1. The van der Waals surface area contributed by atoms with E-state index in [0.29, 0.717) is 6.42 Å². The predicted molar refractivity (Wildman–Crippen MR) is 56.4 cm³/mol. The Hall–Kier alpha value is -0.910. The third-order valence-electron chi connectivity index (χ3n) is 1.65. The summed E-state index contributed by atoms with van der Waals surface area (Å²) in [4.78, 5) is 22.2. The van der Waals surface area contributed by atoms with Crippen LogP contribution >= 0.6 is 11.8 Å². The van der Waals surface area contributed by atoms with Crippen molar-refractivity contribution in [2.24, 2.45) is 0 Å². The number of alkyl carbamates (subject to hydrolysis) is 1. The molecule has 0 aliphatic carbocycles. The molecule has 0 saturated heterocycles. The van der Waals surface area contributed by atoms with Gasteiger partial charge in [-0.05, 0) is 18.4 Å². The summed E-state index contributed by atoms with van der Waals surface area (Å²) in [6.07, 6.45) is 1.95. The molecule has 0 aliphatic rings. The summed E-state index contributed by atoms with van der Waals surface area (Å²) in [5.74, 6) is 0.603. The molecule has 5 nitrogen and oxygen atoms in total. The Morgan fingerprint density at radius 3 is 2.57 bits per heavy atom. The highest BCUT2D eigenvalue weighted by atomic mass is 32.2. The molecule has 2 N–H and O–H groups in total. The van der Waals surface area contributed by atoms with Crippen molar-refractivity contribution in [3.05, 3.63) is 0 Å². The monoisotopic (exact) mass is 220 g/mol. The van der Waals surface area contributed by atoms with E-state index in [0.717, 1.165) is 5.75 Å². The quantitative estimate of drug-likeness (QED) is 0.695. The second-order valence-electron chi connectivity index (χ2n) is 2.58. The van der Waals surface area contributed by atoms with Gasteiger partial charge in [-0.2, -0.15) is 11.8 Å². The van der Waals surface area contributed by atoms with Gasteiger partial charge in [0.05, 0.1) is 7.11 Å². The van der Waals surface area contributed by atoms with Gasteiger partial charge in [-0.25, -0.2) is 4.79 Å². The maximum Gasteiger partial charge on any atom is 0.407 e. The predicted octanol–water partition coefficient (Wildman–Crippen LogP) is 0.210. The van der Waals surface area contributed by atoms with Crippen molar-refractivity contribution in [3.8, 4) is 0 Å². The van der Waals surface area contributed by atoms with Gasteiger partial charge in [0, 0.05) is 7.05 Å². The Morgan fingerprint density at radius 1 is 1.50 bits per heavy atom. The zero-order chi connectivity index (χ0) is 11.0. The molecule has 6 heteroatoms. The van der Waals surface area contributed by atoms with Gasteiger partial charge in [-0.1, -0.05) is 0 Å². The number of likely N-dealkylation sites (N-methyl/N-ethyl adjacent to an activating group) is 1. The highest BCUT2D eigenvalue weighted by molar-refractivity contribution is 7.98. The van der Waals surface area contributed by atoms with Gasteiger partial charge in [0.15, 0.2) is 0 Å². The number of rotatable bonds is 5. The molecule has 0 radical (unpaired) electrons. The van der Waals surface area contributed by atoms with E-state index in [-0.39, 0.29) is 5.91 Å². The second-order valence-corrected chi connectivity index (χ2v) is 3.57.